The van der Waals surface area contributed by atoms with Crippen LogP contribution in [0, 0.1) is 0 Å². The number of carbonyl (C=O) groups is 1. The van der Waals surface area contributed by atoms with Crippen LogP contribution in [-0.4, -0.2) is 47.5 Å². The zero-order valence-corrected chi connectivity index (χ0v) is 16.0. The molecule has 2 fully saturated rings. The fourth-order valence-electron chi connectivity index (χ4n) is 4.20. The zero-order chi connectivity index (χ0) is 18.6. The van der Waals surface area contributed by atoms with Crippen molar-refractivity contribution in [3.05, 3.63) is 65.7 Å². The molecule has 0 N–H and O–H groups in total. The van der Waals surface area contributed by atoms with E-state index in [2.05, 4.69) is 46.2 Å². The number of piperazine rings is 1. The fraction of sp³-hybridized carbons (Fsp3) is 0.435. The minimum Gasteiger partial charge on any atom is -0.493 e. The van der Waals surface area contributed by atoms with Gasteiger partial charge in [0, 0.05) is 32.1 Å². The minimum absolute atomic E-state index is 0.0267. The van der Waals surface area contributed by atoms with E-state index in [1.54, 1.807) is 0 Å². The van der Waals surface area contributed by atoms with E-state index >= 15 is 0 Å². The molecule has 0 radical (unpaired) electrons. The second kappa shape index (κ2) is 8.13. The van der Waals surface area contributed by atoms with Crippen molar-refractivity contribution in [2.45, 2.75) is 44.8 Å². The van der Waals surface area contributed by atoms with Crippen LogP contribution in [-0.2, 0) is 17.8 Å². The van der Waals surface area contributed by atoms with Crippen LogP contribution in [0.25, 0.3) is 0 Å². The van der Waals surface area contributed by atoms with E-state index in [4.69, 9.17) is 4.74 Å². The van der Waals surface area contributed by atoms with E-state index in [1.165, 1.54) is 11.1 Å². The van der Waals surface area contributed by atoms with Gasteiger partial charge in [-0.3, -0.25) is 9.69 Å². The van der Waals surface area contributed by atoms with Crippen LogP contribution in [0.3, 0.4) is 0 Å². The number of carbonyl (C=O) groups excluding carboxylic acids is 1. The molecule has 1 amide bonds. The molecule has 0 unspecified atom stereocenters. The monoisotopic (exact) mass is 364 g/mol. The molecule has 4 nitrogen and oxygen atoms in total. The second-order valence-corrected chi connectivity index (χ2v) is 7.66. The maximum absolute atomic E-state index is 12.6. The third-order valence-corrected chi connectivity index (χ3v) is 5.82. The number of ether oxygens (including phenoxy) is 1. The Morgan fingerprint density at radius 3 is 2.59 bits per heavy atom. The van der Waals surface area contributed by atoms with Gasteiger partial charge in [0.05, 0.1) is 12.6 Å². The summed E-state index contributed by atoms with van der Waals surface area (Å²) in [5.74, 6) is 1.20. The summed E-state index contributed by atoms with van der Waals surface area (Å²) in [5, 5.41) is 0. The van der Waals surface area contributed by atoms with Gasteiger partial charge in [-0.25, -0.2) is 0 Å². The maximum Gasteiger partial charge on any atom is 0.239 e. The molecule has 142 valence electrons. The summed E-state index contributed by atoms with van der Waals surface area (Å²) in [6.45, 7) is 5.47. The van der Waals surface area contributed by atoms with Crippen molar-refractivity contribution in [1.82, 2.24) is 9.80 Å². The first-order chi connectivity index (χ1) is 13.2. The molecule has 2 atom stereocenters. The van der Waals surface area contributed by atoms with Crippen molar-refractivity contribution < 1.29 is 9.53 Å². The van der Waals surface area contributed by atoms with E-state index in [-0.39, 0.29) is 6.04 Å². The molecule has 2 aliphatic rings. The first-order valence-corrected chi connectivity index (χ1v) is 10.0. The summed E-state index contributed by atoms with van der Waals surface area (Å²) in [6, 6.07) is 19.1. The molecular weight excluding hydrogens is 336 g/mol. The van der Waals surface area contributed by atoms with Gasteiger partial charge in [-0.05, 0) is 43.0 Å². The molecule has 0 bridgehead atoms. The molecule has 0 aliphatic carbocycles. The van der Waals surface area contributed by atoms with E-state index < -0.39 is 0 Å². The number of fused-ring (bicyclic) bond motifs is 1. The van der Waals surface area contributed by atoms with Gasteiger partial charge in [0.15, 0.2) is 0 Å². The highest BCUT2D eigenvalue weighted by Gasteiger charge is 2.39. The summed E-state index contributed by atoms with van der Waals surface area (Å²) >= 11 is 0. The Morgan fingerprint density at radius 1 is 1.04 bits per heavy atom. The number of rotatable bonds is 6. The standard InChI is InChI=1S/C23H28N2O2/c1-18-23(26)25-14-5-8-21(25)17-24(18)16-20-9-11-22(12-10-20)27-15-13-19-6-3-2-4-7-19/h2-4,6-7,9-12,18,21H,5,8,13-17H2,1H3/t18-,21+/m0/s1. The normalized spacial score (nSPS) is 22.7. The SMILES string of the molecule is C[C@H]1C(=O)N2CCC[C@@H]2CN1Cc1ccc(OCCc2ccccc2)cc1. The molecule has 2 aliphatic heterocycles. The van der Waals surface area contributed by atoms with Crippen LogP contribution in [0.5, 0.6) is 5.75 Å². The topological polar surface area (TPSA) is 32.8 Å². The number of amides is 1. The zero-order valence-electron chi connectivity index (χ0n) is 16.0. The number of hydrogen-bond acceptors (Lipinski definition) is 3. The molecule has 27 heavy (non-hydrogen) atoms. The summed E-state index contributed by atoms with van der Waals surface area (Å²) < 4.78 is 5.88. The van der Waals surface area contributed by atoms with Gasteiger partial charge in [0.2, 0.25) is 5.91 Å². The van der Waals surface area contributed by atoms with Gasteiger partial charge in [-0.15, -0.1) is 0 Å². The lowest BCUT2D eigenvalue weighted by atomic mass is 10.1. The largest absolute Gasteiger partial charge is 0.493 e. The van der Waals surface area contributed by atoms with E-state index in [1.807, 2.05) is 25.1 Å². The van der Waals surface area contributed by atoms with Gasteiger partial charge in [-0.1, -0.05) is 42.5 Å². The van der Waals surface area contributed by atoms with E-state index in [9.17, 15) is 4.79 Å². The van der Waals surface area contributed by atoms with Crippen molar-refractivity contribution >= 4 is 5.91 Å². The predicted molar refractivity (Wildman–Crippen MR) is 107 cm³/mol. The Balaban J connectivity index is 1.30. The van der Waals surface area contributed by atoms with Crippen LogP contribution in [0.2, 0.25) is 0 Å². The van der Waals surface area contributed by atoms with Crippen molar-refractivity contribution in [3.8, 4) is 5.75 Å². The van der Waals surface area contributed by atoms with Crippen LogP contribution in [0.15, 0.2) is 54.6 Å². The minimum atomic E-state index is -0.0267. The number of benzene rings is 2. The lowest BCUT2D eigenvalue weighted by Gasteiger charge is -2.41. The predicted octanol–water partition coefficient (Wildman–Crippen LogP) is 3.50. The molecule has 2 saturated heterocycles. The van der Waals surface area contributed by atoms with E-state index in [0.717, 1.165) is 44.6 Å². The Labute approximate surface area is 161 Å². The molecule has 0 spiro atoms. The van der Waals surface area contributed by atoms with Gasteiger partial charge >= 0.3 is 0 Å². The van der Waals surface area contributed by atoms with Gasteiger partial charge in [0.1, 0.15) is 5.75 Å². The fourth-order valence-corrected chi connectivity index (χ4v) is 4.20. The van der Waals surface area contributed by atoms with Gasteiger partial charge in [-0.2, -0.15) is 0 Å². The highest BCUT2D eigenvalue weighted by atomic mass is 16.5. The van der Waals surface area contributed by atoms with Crippen molar-refractivity contribution in [2.75, 3.05) is 19.7 Å². The average Bonchev–Trinajstić information content (AvgIpc) is 3.17. The quantitative estimate of drug-likeness (QED) is 0.786. The molecule has 4 heteroatoms. The summed E-state index contributed by atoms with van der Waals surface area (Å²) in [4.78, 5) is 17.0. The molecule has 0 saturated carbocycles. The first kappa shape index (κ1) is 18.1. The van der Waals surface area contributed by atoms with Gasteiger partial charge in [0.25, 0.3) is 0 Å². The molecule has 0 aromatic heterocycles. The third kappa shape index (κ3) is 4.16. The van der Waals surface area contributed by atoms with Crippen molar-refractivity contribution in [2.24, 2.45) is 0 Å². The molecule has 2 heterocycles. The Bertz CT molecular complexity index is 760. The van der Waals surface area contributed by atoms with Crippen molar-refractivity contribution in [3.63, 3.8) is 0 Å². The smallest absolute Gasteiger partial charge is 0.239 e. The molecular formula is C23H28N2O2. The molecule has 2 aromatic carbocycles. The van der Waals surface area contributed by atoms with Crippen LogP contribution in [0.1, 0.15) is 30.9 Å². The van der Waals surface area contributed by atoms with Crippen LogP contribution < -0.4 is 4.74 Å². The Morgan fingerprint density at radius 2 is 1.81 bits per heavy atom. The Kier molecular flexibility index (Phi) is 5.44. The lowest BCUT2D eigenvalue weighted by molar-refractivity contribution is -0.143. The highest BCUT2D eigenvalue weighted by Crippen LogP contribution is 2.27. The average molecular weight is 364 g/mol. The number of nitrogens with zero attached hydrogens (tertiary/aromatic N) is 2. The third-order valence-electron chi connectivity index (χ3n) is 5.82. The summed E-state index contributed by atoms with van der Waals surface area (Å²) in [7, 11) is 0. The molecule has 4 rings (SSSR count). The van der Waals surface area contributed by atoms with E-state index in [0.29, 0.717) is 18.6 Å². The van der Waals surface area contributed by atoms with Crippen molar-refractivity contribution in [1.29, 1.82) is 0 Å². The van der Waals surface area contributed by atoms with Crippen LogP contribution in [0.4, 0.5) is 0 Å². The number of hydrogen-bond donors (Lipinski definition) is 0. The first-order valence-electron chi connectivity index (χ1n) is 10.0. The summed E-state index contributed by atoms with van der Waals surface area (Å²) in [6.07, 6.45) is 3.20. The second-order valence-electron chi connectivity index (χ2n) is 7.66. The van der Waals surface area contributed by atoms with Crippen LogP contribution >= 0.6 is 0 Å². The summed E-state index contributed by atoms with van der Waals surface area (Å²) in [5.41, 5.74) is 2.52. The Hall–Kier alpha value is -2.33. The van der Waals surface area contributed by atoms with Gasteiger partial charge < -0.3 is 9.64 Å². The molecule has 2 aromatic rings. The lowest BCUT2D eigenvalue weighted by Crippen LogP contribution is -2.58. The highest BCUT2D eigenvalue weighted by molar-refractivity contribution is 5.83. The maximum atomic E-state index is 12.6.